The molecule has 6 heteroatoms. The highest BCUT2D eigenvalue weighted by Gasteiger charge is 2.35. The van der Waals surface area contributed by atoms with Gasteiger partial charge in [-0.15, -0.1) is 0 Å². The number of β-amino-alcohol motifs (C(OH)–C–C–N with tert-alkyl or cyclic N) is 1. The highest BCUT2D eigenvalue weighted by molar-refractivity contribution is 5.77. The summed E-state index contributed by atoms with van der Waals surface area (Å²) in [4.78, 5) is 13.8. The van der Waals surface area contributed by atoms with Crippen LogP contribution in [0.15, 0.2) is 48.5 Å². The maximum atomic E-state index is 13.2. The van der Waals surface area contributed by atoms with E-state index < -0.39 is 18.0 Å². The molecule has 0 saturated carbocycles. The summed E-state index contributed by atoms with van der Waals surface area (Å²) in [7, 11) is 0. The summed E-state index contributed by atoms with van der Waals surface area (Å²) in [5.41, 5.74) is 0.877. The van der Waals surface area contributed by atoms with Crippen LogP contribution in [0.1, 0.15) is 12.0 Å². The lowest BCUT2D eigenvalue weighted by Crippen LogP contribution is -2.31. The molecule has 1 fully saturated rings. The number of carbonyl (C=O) groups excluding carboxylic acids is 1. The number of aliphatic hydroxyl groups is 1. The maximum Gasteiger partial charge on any atom is 0.223 e. The van der Waals surface area contributed by atoms with Gasteiger partial charge in [-0.05, 0) is 36.2 Å². The molecule has 2 aromatic carbocycles. The van der Waals surface area contributed by atoms with E-state index in [1.54, 1.807) is 18.2 Å². The fourth-order valence-electron chi connectivity index (χ4n) is 2.85. The Labute approximate surface area is 144 Å². The van der Waals surface area contributed by atoms with Crippen LogP contribution in [0.4, 0.5) is 8.78 Å². The van der Waals surface area contributed by atoms with E-state index in [0.29, 0.717) is 12.2 Å². The first-order chi connectivity index (χ1) is 12.0. The normalized spacial score (nSPS) is 19.9. The van der Waals surface area contributed by atoms with Crippen molar-refractivity contribution < 1.29 is 23.4 Å². The van der Waals surface area contributed by atoms with Crippen molar-refractivity contribution in [2.45, 2.75) is 25.0 Å². The highest BCUT2D eigenvalue weighted by atomic mass is 19.1. The topological polar surface area (TPSA) is 49.8 Å². The zero-order chi connectivity index (χ0) is 17.8. The lowest BCUT2D eigenvalue weighted by Gasteiger charge is -2.17. The van der Waals surface area contributed by atoms with Crippen LogP contribution in [0.25, 0.3) is 0 Å². The van der Waals surface area contributed by atoms with E-state index in [-0.39, 0.29) is 31.2 Å². The predicted molar refractivity (Wildman–Crippen MR) is 88.1 cm³/mol. The third kappa shape index (κ3) is 4.54. The maximum absolute atomic E-state index is 13.2. The Morgan fingerprint density at radius 2 is 1.88 bits per heavy atom. The van der Waals surface area contributed by atoms with Crippen molar-refractivity contribution in [1.29, 1.82) is 0 Å². The number of carbonyl (C=O) groups is 1. The minimum Gasteiger partial charge on any atom is -0.486 e. The van der Waals surface area contributed by atoms with Crippen molar-refractivity contribution in [3.8, 4) is 5.75 Å². The number of aliphatic hydroxyl groups excluding tert-OH is 1. The minimum atomic E-state index is -0.821. The molecule has 132 valence electrons. The van der Waals surface area contributed by atoms with Crippen LogP contribution >= 0.6 is 0 Å². The summed E-state index contributed by atoms with van der Waals surface area (Å²) in [5.74, 6) is -0.509. The molecule has 0 spiro atoms. The number of halogens is 2. The molecule has 0 aromatic heterocycles. The Bertz CT molecular complexity index is 736. The summed E-state index contributed by atoms with van der Waals surface area (Å²) in [6.07, 6.45) is -0.638. The highest BCUT2D eigenvalue weighted by Crippen LogP contribution is 2.20. The Balaban J connectivity index is 1.53. The van der Waals surface area contributed by atoms with Gasteiger partial charge >= 0.3 is 0 Å². The van der Waals surface area contributed by atoms with Crippen LogP contribution in [0.5, 0.6) is 5.75 Å². The Hall–Kier alpha value is -2.47. The van der Waals surface area contributed by atoms with Gasteiger partial charge in [-0.2, -0.15) is 0 Å². The smallest absolute Gasteiger partial charge is 0.223 e. The Morgan fingerprint density at radius 1 is 1.12 bits per heavy atom. The summed E-state index contributed by atoms with van der Waals surface area (Å²) < 4.78 is 31.7. The number of hydrogen-bond donors (Lipinski definition) is 1. The second kappa shape index (κ2) is 7.61. The largest absolute Gasteiger partial charge is 0.486 e. The quantitative estimate of drug-likeness (QED) is 0.904. The summed E-state index contributed by atoms with van der Waals surface area (Å²) in [6, 6.07) is 11.7. The van der Waals surface area contributed by atoms with E-state index >= 15 is 0 Å². The zero-order valence-corrected chi connectivity index (χ0v) is 13.6. The molecule has 2 atom stereocenters. The van der Waals surface area contributed by atoms with Crippen LogP contribution in [0, 0.1) is 11.6 Å². The standard InChI is InChI=1S/C19H19F2NO3/c20-14-7-4-13(5-8-14)6-9-19(24)22-11-17(23)18(12-22)25-16-3-1-2-15(21)10-16/h1-5,7-8,10,17-18,23H,6,9,11-12H2/t17-,18-/m1/s1. The fraction of sp³-hybridized carbons (Fsp3) is 0.316. The first-order valence-electron chi connectivity index (χ1n) is 8.14. The molecule has 0 radical (unpaired) electrons. The number of rotatable bonds is 5. The van der Waals surface area contributed by atoms with E-state index in [2.05, 4.69) is 0 Å². The number of nitrogens with zero attached hydrogens (tertiary/aromatic N) is 1. The fourth-order valence-corrected chi connectivity index (χ4v) is 2.85. The van der Waals surface area contributed by atoms with Crippen LogP contribution in [0.3, 0.4) is 0 Å². The van der Waals surface area contributed by atoms with Crippen molar-refractivity contribution in [2.75, 3.05) is 13.1 Å². The van der Waals surface area contributed by atoms with Crippen molar-refractivity contribution in [2.24, 2.45) is 0 Å². The molecule has 1 N–H and O–H groups in total. The van der Waals surface area contributed by atoms with Crippen molar-refractivity contribution in [1.82, 2.24) is 4.90 Å². The number of benzene rings is 2. The van der Waals surface area contributed by atoms with Crippen LogP contribution in [0.2, 0.25) is 0 Å². The first-order valence-corrected chi connectivity index (χ1v) is 8.14. The molecule has 25 heavy (non-hydrogen) atoms. The van der Waals surface area contributed by atoms with E-state index in [1.165, 1.54) is 35.2 Å². The van der Waals surface area contributed by atoms with Crippen molar-refractivity contribution in [3.05, 3.63) is 65.7 Å². The second-order valence-corrected chi connectivity index (χ2v) is 6.11. The van der Waals surface area contributed by atoms with Crippen LogP contribution < -0.4 is 4.74 Å². The molecule has 0 aliphatic carbocycles. The molecular weight excluding hydrogens is 328 g/mol. The van der Waals surface area contributed by atoms with Gasteiger partial charge in [0.1, 0.15) is 29.6 Å². The van der Waals surface area contributed by atoms with Crippen LogP contribution in [-0.4, -0.2) is 41.2 Å². The first kappa shape index (κ1) is 17.4. The molecule has 1 aliphatic heterocycles. The van der Waals surface area contributed by atoms with Crippen molar-refractivity contribution in [3.63, 3.8) is 0 Å². The molecule has 1 amide bonds. The third-order valence-corrected chi connectivity index (χ3v) is 4.21. The molecule has 3 rings (SSSR count). The number of ether oxygens (including phenoxy) is 1. The van der Waals surface area contributed by atoms with Crippen LogP contribution in [-0.2, 0) is 11.2 Å². The monoisotopic (exact) mass is 347 g/mol. The minimum absolute atomic E-state index is 0.103. The van der Waals surface area contributed by atoms with Gasteiger partial charge in [0.2, 0.25) is 5.91 Å². The SMILES string of the molecule is O=C(CCc1ccc(F)cc1)N1C[C@@H](O)[C@H](Oc2cccc(F)c2)C1. The average molecular weight is 347 g/mol. The molecule has 0 bridgehead atoms. The molecule has 1 heterocycles. The molecule has 0 unspecified atom stereocenters. The average Bonchev–Trinajstić information content (AvgIpc) is 2.95. The van der Waals surface area contributed by atoms with Gasteiger partial charge in [0.25, 0.3) is 0 Å². The molecule has 4 nitrogen and oxygen atoms in total. The summed E-state index contributed by atoms with van der Waals surface area (Å²) >= 11 is 0. The lowest BCUT2D eigenvalue weighted by molar-refractivity contribution is -0.130. The number of likely N-dealkylation sites (tertiary alicyclic amines) is 1. The molecule has 1 aliphatic rings. The Kier molecular flexibility index (Phi) is 5.28. The molecular formula is C19H19F2NO3. The number of aryl methyl sites for hydroxylation is 1. The lowest BCUT2D eigenvalue weighted by atomic mass is 10.1. The molecule has 2 aromatic rings. The van der Waals surface area contributed by atoms with Gasteiger partial charge in [-0.25, -0.2) is 8.78 Å². The van der Waals surface area contributed by atoms with E-state index in [1.807, 2.05) is 0 Å². The van der Waals surface area contributed by atoms with Gasteiger partial charge in [-0.3, -0.25) is 4.79 Å². The second-order valence-electron chi connectivity index (χ2n) is 6.11. The van der Waals surface area contributed by atoms with E-state index in [4.69, 9.17) is 4.74 Å². The van der Waals surface area contributed by atoms with Gasteiger partial charge in [-0.1, -0.05) is 18.2 Å². The van der Waals surface area contributed by atoms with Gasteiger partial charge < -0.3 is 14.7 Å². The van der Waals surface area contributed by atoms with Gasteiger partial charge in [0.15, 0.2) is 0 Å². The van der Waals surface area contributed by atoms with Crippen molar-refractivity contribution >= 4 is 5.91 Å². The zero-order valence-electron chi connectivity index (χ0n) is 13.6. The van der Waals surface area contributed by atoms with E-state index in [9.17, 15) is 18.7 Å². The van der Waals surface area contributed by atoms with E-state index in [0.717, 1.165) is 5.56 Å². The summed E-state index contributed by atoms with van der Waals surface area (Å²) in [5, 5.41) is 10.1. The Morgan fingerprint density at radius 3 is 2.60 bits per heavy atom. The molecule has 1 saturated heterocycles. The number of hydrogen-bond acceptors (Lipinski definition) is 3. The summed E-state index contributed by atoms with van der Waals surface area (Å²) in [6.45, 7) is 0.433. The third-order valence-electron chi connectivity index (χ3n) is 4.21. The predicted octanol–water partition coefficient (Wildman–Crippen LogP) is 2.55. The van der Waals surface area contributed by atoms with Gasteiger partial charge in [0, 0.05) is 12.5 Å². The number of amides is 1. The van der Waals surface area contributed by atoms with Gasteiger partial charge in [0.05, 0.1) is 13.1 Å².